The van der Waals surface area contributed by atoms with Crippen molar-refractivity contribution in [2.45, 2.75) is 23.6 Å². The highest BCUT2D eigenvalue weighted by Crippen LogP contribution is 2.45. The van der Waals surface area contributed by atoms with Gasteiger partial charge in [-0.3, -0.25) is 0 Å². The predicted molar refractivity (Wildman–Crippen MR) is 94.1 cm³/mol. The van der Waals surface area contributed by atoms with Crippen LogP contribution < -0.4 is 0 Å². The van der Waals surface area contributed by atoms with Crippen molar-refractivity contribution in [2.75, 3.05) is 0 Å². The molecule has 2 rings (SSSR count). The van der Waals surface area contributed by atoms with Gasteiger partial charge in [-0.15, -0.1) is 0 Å². The van der Waals surface area contributed by atoms with Crippen LogP contribution in [-0.4, -0.2) is 0 Å². The maximum absolute atomic E-state index is 6.19. The summed E-state index contributed by atoms with van der Waals surface area (Å²) >= 11 is 24.4. The smallest absolute Gasteiger partial charge is 0.0565 e. The molecule has 2 aromatic carbocycles. The van der Waals surface area contributed by atoms with Crippen molar-refractivity contribution in [1.82, 2.24) is 0 Å². The maximum Gasteiger partial charge on any atom is 0.0565 e. The monoisotopic (exact) mass is 382 g/mol. The average Bonchev–Trinajstić information content (AvgIpc) is 2.37. The number of rotatable bonds is 3. The number of benzene rings is 2. The third-order valence-corrected chi connectivity index (χ3v) is 6.76. The Hall–Kier alpha value is 0.300. The van der Waals surface area contributed by atoms with Gasteiger partial charge in [0, 0.05) is 19.8 Å². The molecule has 6 heteroatoms. The molecule has 0 bridgehead atoms. The number of hydrogen-bond acceptors (Lipinski definition) is 2. The molecule has 0 aliphatic heterocycles. The van der Waals surface area contributed by atoms with Crippen LogP contribution in [0, 0.1) is 13.8 Å². The van der Waals surface area contributed by atoms with Gasteiger partial charge < -0.3 is 0 Å². The molecular formula is C14H10Cl4S2. The Morgan fingerprint density at radius 2 is 0.950 bits per heavy atom. The van der Waals surface area contributed by atoms with E-state index in [9.17, 15) is 0 Å². The van der Waals surface area contributed by atoms with Crippen LogP contribution >= 0.6 is 68.0 Å². The van der Waals surface area contributed by atoms with Gasteiger partial charge in [0.25, 0.3) is 0 Å². The van der Waals surface area contributed by atoms with Crippen molar-refractivity contribution < 1.29 is 0 Å². The molecule has 0 amide bonds. The molecule has 0 nitrogen and oxygen atoms in total. The van der Waals surface area contributed by atoms with Crippen LogP contribution in [0.4, 0.5) is 0 Å². The summed E-state index contributed by atoms with van der Waals surface area (Å²) < 4.78 is 0. The zero-order chi connectivity index (χ0) is 14.9. The molecule has 0 aliphatic carbocycles. The zero-order valence-corrected chi connectivity index (χ0v) is 15.3. The molecule has 2 aromatic rings. The second-order valence-electron chi connectivity index (χ2n) is 4.23. The van der Waals surface area contributed by atoms with Crippen molar-refractivity contribution in [1.29, 1.82) is 0 Å². The number of hydrogen-bond donors (Lipinski definition) is 0. The van der Waals surface area contributed by atoms with Crippen molar-refractivity contribution in [2.24, 2.45) is 0 Å². The molecule has 0 radical (unpaired) electrons. The van der Waals surface area contributed by atoms with Gasteiger partial charge in [-0.25, -0.2) is 0 Å². The highest BCUT2D eigenvalue weighted by atomic mass is 35.5. The second-order valence-corrected chi connectivity index (χ2v) is 8.07. The average molecular weight is 384 g/mol. The van der Waals surface area contributed by atoms with E-state index in [0.717, 1.165) is 20.9 Å². The first kappa shape index (κ1) is 16.7. The first-order valence-electron chi connectivity index (χ1n) is 5.64. The van der Waals surface area contributed by atoms with Crippen LogP contribution in [0.5, 0.6) is 0 Å². The van der Waals surface area contributed by atoms with Crippen molar-refractivity contribution in [3.8, 4) is 0 Å². The molecule has 0 fully saturated rings. The lowest BCUT2D eigenvalue weighted by Crippen LogP contribution is -1.81. The SMILES string of the molecule is Cc1cc(SSc2cc(C)c(Cl)cc2Cl)c(Cl)cc1Cl. The summed E-state index contributed by atoms with van der Waals surface area (Å²) in [7, 11) is 3.10. The largest absolute Gasteiger partial charge is 0.0840 e. The quantitative estimate of drug-likeness (QED) is 0.497. The zero-order valence-electron chi connectivity index (χ0n) is 10.6. The fourth-order valence-electron chi connectivity index (χ4n) is 1.48. The minimum atomic E-state index is 0.639. The minimum absolute atomic E-state index is 0.639. The molecule has 106 valence electrons. The summed E-state index contributed by atoms with van der Waals surface area (Å²) in [6.45, 7) is 3.90. The molecule has 0 N–H and O–H groups in total. The molecule has 0 atom stereocenters. The summed E-state index contributed by atoms with van der Waals surface area (Å²) in [5.41, 5.74) is 2.00. The Kier molecular flexibility index (Phi) is 5.87. The van der Waals surface area contributed by atoms with Crippen molar-refractivity contribution in [3.05, 3.63) is 55.5 Å². The third-order valence-electron chi connectivity index (χ3n) is 2.65. The molecular weight excluding hydrogens is 374 g/mol. The van der Waals surface area contributed by atoms with E-state index < -0.39 is 0 Å². The van der Waals surface area contributed by atoms with Crippen LogP contribution in [0.3, 0.4) is 0 Å². The van der Waals surface area contributed by atoms with Gasteiger partial charge in [-0.2, -0.15) is 0 Å². The van der Waals surface area contributed by atoms with E-state index in [1.807, 2.05) is 26.0 Å². The lowest BCUT2D eigenvalue weighted by Gasteiger charge is -2.09. The van der Waals surface area contributed by atoms with Crippen LogP contribution in [-0.2, 0) is 0 Å². The molecule has 0 spiro atoms. The minimum Gasteiger partial charge on any atom is -0.0840 e. The predicted octanol–water partition coefficient (Wildman–Crippen LogP) is 7.72. The Morgan fingerprint density at radius 1 is 0.600 bits per heavy atom. The molecule has 0 aromatic heterocycles. The number of halogens is 4. The van der Waals surface area contributed by atoms with Gasteiger partial charge >= 0.3 is 0 Å². The molecule has 0 saturated heterocycles. The van der Waals surface area contributed by atoms with Gasteiger partial charge in [0.2, 0.25) is 0 Å². The van der Waals surface area contributed by atoms with Crippen LogP contribution in [0.15, 0.2) is 34.1 Å². The topological polar surface area (TPSA) is 0 Å². The Bertz CT molecular complexity index is 599. The first-order valence-corrected chi connectivity index (χ1v) is 9.30. The summed E-state index contributed by atoms with van der Waals surface area (Å²) in [6, 6.07) is 7.46. The number of aryl methyl sites for hydroxylation is 2. The summed E-state index contributed by atoms with van der Waals surface area (Å²) in [5.74, 6) is 0. The molecule has 20 heavy (non-hydrogen) atoms. The summed E-state index contributed by atoms with van der Waals surface area (Å²) in [6.07, 6.45) is 0. The normalized spacial score (nSPS) is 10.9. The fourth-order valence-corrected chi connectivity index (χ4v) is 5.02. The second kappa shape index (κ2) is 7.04. The van der Waals surface area contributed by atoms with Gasteiger partial charge in [-0.1, -0.05) is 68.0 Å². The molecule has 0 unspecified atom stereocenters. The van der Waals surface area contributed by atoms with Gasteiger partial charge in [-0.05, 0) is 49.2 Å². The molecule has 0 aliphatic rings. The maximum atomic E-state index is 6.19. The van der Waals surface area contributed by atoms with Gasteiger partial charge in [0.1, 0.15) is 0 Å². The first-order chi connectivity index (χ1) is 9.38. The van der Waals surface area contributed by atoms with E-state index in [1.165, 1.54) is 0 Å². The highest BCUT2D eigenvalue weighted by molar-refractivity contribution is 8.76. The van der Waals surface area contributed by atoms with E-state index in [1.54, 1.807) is 33.7 Å². The van der Waals surface area contributed by atoms with E-state index in [4.69, 9.17) is 46.4 Å². The van der Waals surface area contributed by atoms with Crippen molar-refractivity contribution in [3.63, 3.8) is 0 Å². The van der Waals surface area contributed by atoms with Crippen LogP contribution in [0.25, 0.3) is 0 Å². The fraction of sp³-hybridized carbons (Fsp3) is 0.143. The standard InChI is InChI=1S/C14H10Cl4S2/c1-7-3-13(11(17)5-9(7)15)19-20-14-4-8(2)10(16)6-12(14)18/h3-6H,1-2H3. The van der Waals surface area contributed by atoms with E-state index in [-0.39, 0.29) is 0 Å². The van der Waals surface area contributed by atoms with Crippen LogP contribution in [0.1, 0.15) is 11.1 Å². The van der Waals surface area contributed by atoms with Gasteiger partial charge in [0.05, 0.1) is 10.0 Å². The molecule has 0 saturated carbocycles. The lowest BCUT2D eigenvalue weighted by atomic mass is 10.2. The summed E-state index contributed by atoms with van der Waals surface area (Å²) in [5, 5.41) is 2.62. The Balaban J connectivity index is 2.21. The van der Waals surface area contributed by atoms with E-state index in [2.05, 4.69) is 0 Å². The van der Waals surface area contributed by atoms with Crippen LogP contribution in [0.2, 0.25) is 20.1 Å². The Morgan fingerprint density at radius 3 is 1.30 bits per heavy atom. The lowest BCUT2D eigenvalue weighted by molar-refractivity contribution is 1.36. The summed E-state index contributed by atoms with van der Waals surface area (Å²) in [4.78, 5) is 1.92. The Labute approximate surface area is 146 Å². The van der Waals surface area contributed by atoms with E-state index in [0.29, 0.717) is 20.1 Å². The highest BCUT2D eigenvalue weighted by Gasteiger charge is 2.10. The third kappa shape index (κ3) is 3.94. The van der Waals surface area contributed by atoms with Gasteiger partial charge in [0.15, 0.2) is 0 Å². The van der Waals surface area contributed by atoms with E-state index >= 15 is 0 Å². The van der Waals surface area contributed by atoms with Crippen molar-refractivity contribution >= 4 is 68.0 Å². The molecule has 0 heterocycles.